The van der Waals surface area contributed by atoms with Crippen LogP contribution in [0.5, 0.6) is 0 Å². The lowest BCUT2D eigenvalue weighted by molar-refractivity contribution is -0.135. The molecule has 7 heteroatoms. The van der Waals surface area contributed by atoms with Crippen LogP contribution < -0.4 is 0 Å². The molecule has 2 aliphatic heterocycles. The van der Waals surface area contributed by atoms with Crippen molar-refractivity contribution >= 4 is 23.2 Å². The summed E-state index contributed by atoms with van der Waals surface area (Å²) in [6.45, 7) is 5.86. The fourth-order valence-electron chi connectivity index (χ4n) is 4.00. The van der Waals surface area contributed by atoms with E-state index in [2.05, 4.69) is 11.6 Å². The summed E-state index contributed by atoms with van der Waals surface area (Å²) < 4.78 is 5.26. The summed E-state index contributed by atoms with van der Waals surface area (Å²) >= 11 is 1.55. The van der Waals surface area contributed by atoms with Crippen molar-refractivity contribution in [1.82, 2.24) is 14.8 Å². The van der Waals surface area contributed by atoms with Crippen LogP contribution in [0, 0.1) is 5.41 Å². The van der Waals surface area contributed by atoms with E-state index in [-0.39, 0.29) is 17.7 Å². The Kier molecular flexibility index (Phi) is 3.95. The van der Waals surface area contributed by atoms with Gasteiger partial charge in [0.2, 0.25) is 5.91 Å². The number of likely N-dealkylation sites (tertiary alicyclic amines) is 2. The lowest BCUT2D eigenvalue weighted by Gasteiger charge is -2.27. The summed E-state index contributed by atoms with van der Waals surface area (Å²) in [5.41, 5.74) is -0.594. The Morgan fingerprint density at radius 3 is 3.12 bits per heavy atom. The molecule has 2 atom stereocenters. The number of furan rings is 1. The minimum absolute atomic E-state index is 0.0753. The van der Waals surface area contributed by atoms with Crippen molar-refractivity contribution in [3.63, 3.8) is 0 Å². The van der Waals surface area contributed by atoms with Crippen molar-refractivity contribution < 1.29 is 14.0 Å². The molecule has 25 heavy (non-hydrogen) atoms. The van der Waals surface area contributed by atoms with Gasteiger partial charge in [-0.15, -0.1) is 17.9 Å². The van der Waals surface area contributed by atoms with Crippen LogP contribution in [0.2, 0.25) is 0 Å². The molecule has 0 unspecified atom stereocenters. The Bertz CT molecular complexity index is 787. The highest BCUT2D eigenvalue weighted by Crippen LogP contribution is 2.50. The van der Waals surface area contributed by atoms with Crippen LogP contribution in [-0.4, -0.2) is 52.8 Å². The number of hydrogen-bond donors (Lipinski definition) is 0. The highest BCUT2D eigenvalue weighted by atomic mass is 32.1. The van der Waals surface area contributed by atoms with Crippen LogP contribution in [0.1, 0.15) is 27.9 Å². The summed E-state index contributed by atoms with van der Waals surface area (Å²) in [5, 5.41) is 2.84. The van der Waals surface area contributed by atoms with E-state index in [9.17, 15) is 9.59 Å². The number of thiazole rings is 1. The highest BCUT2D eigenvalue weighted by Gasteiger charge is 2.58. The number of amides is 2. The molecule has 0 aliphatic carbocycles. The minimum Gasteiger partial charge on any atom is -0.459 e. The molecule has 2 aromatic rings. The highest BCUT2D eigenvalue weighted by molar-refractivity contribution is 7.09. The number of carbonyl (C=O) groups excluding carboxylic acids is 2. The second-order valence-electron chi connectivity index (χ2n) is 6.53. The molecular formula is C18H19N3O3S. The van der Waals surface area contributed by atoms with Crippen LogP contribution in [0.15, 0.2) is 47.0 Å². The first-order valence-corrected chi connectivity index (χ1v) is 9.16. The van der Waals surface area contributed by atoms with Crippen molar-refractivity contribution in [2.45, 2.75) is 12.3 Å². The molecule has 6 nitrogen and oxygen atoms in total. The molecular weight excluding hydrogens is 338 g/mol. The Balaban J connectivity index is 1.68. The molecule has 0 bridgehead atoms. The van der Waals surface area contributed by atoms with Crippen molar-refractivity contribution in [2.75, 3.05) is 26.2 Å². The van der Waals surface area contributed by atoms with E-state index in [1.54, 1.807) is 40.6 Å². The van der Waals surface area contributed by atoms with Crippen LogP contribution >= 0.6 is 11.3 Å². The predicted molar refractivity (Wildman–Crippen MR) is 93.3 cm³/mol. The van der Waals surface area contributed by atoms with Gasteiger partial charge in [0.15, 0.2) is 5.76 Å². The maximum Gasteiger partial charge on any atom is 0.289 e. The van der Waals surface area contributed by atoms with E-state index in [0.29, 0.717) is 31.9 Å². The van der Waals surface area contributed by atoms with E-state index in [1.807, 2.05) is 10.3 Å². The van der Waals surface area contributed by atoms with E-state index in [4.69, 9.17) is 4.42 Å². The van der Waals surface area contributed by atoms with Crippen molar-refractivity contribution in [3.05, 3.63) is 53.4 Å². The quantitative estimate of drug-likeness (QED) is 0.788. The average Bonchev–Trinajstić information content (AvgIpc) is 3.39. The van der Waals surface area contributed by atoms with Gasteiger partial charge in [-0.3, -0.25) is 9.59 Å². The van der Waals surface area contributed by atoms with Gasteiger partial charge < -0.3 is 14.2 Å². The van der Waals surface area contributed by atoms with Gasteiger partial charge in [0.25, 0.3) is 5.91 Å². The van der Waals surface area contributed by atoms with Crippen LogP contribution in [-0.2, 0) is 4.79 Å². The van der Waals surface area contributed by atoms with Crippen LogP contribution in [0.3, 0.4) is 0 Å². The maximum absolute atomic E-state index is 13.2. The third-order valence-electron chi connectivity index (χ3n) is 5.20. The fraction of sp³-hybridized carbons (Fsp3) is 0.389. The van der Waals surface area contributed by atoms with Gasteiger partial charge in [0.05, 0.1) is 16.7 Å². The first-order valence-electron chi connectivity index (χ1n) is 8.28. The largest absolute Gasteiger partial charge is 0.459 e. The monoisotopic (exact) mass is 357 g/mol. The molecule has 0 aromatic carbocycles. The van der Waals surface area contributed by atoms with E-state index >= 15 is 0 Å². The molecule has 2 amide bonds. The summed E-state index contributed by atoms with van der Waals surface area (Å²) in [5.74, 6) is 0.165. The molecule has 1 spiro atoms. The third-order valence-corrected chi connectivity index (χ3v) is 6.09. The summed E-state index contributed by atoms with van der Waals surface area (Å²) in [4.78, 5) is 33.9. The number of rotatable bonds is 4. The van der Waals surface area contributed by atoms with Gasteiger partial charge >= 0.3 is 0 Å². The van der Waals surface area contributed by atoms with Crippen molar-refractivity contribution in [2.24, 2.45) is 5.41 Å². The zero-order chi connectivity index (χ0) is 17.4. The summed E-state index contributed by atoms with van der Waals surface area (Å²) in [7, 11) is 0. The third kappa shape index (κ3) is 2.50. The summed E-state index contributed by atoms with van der Waals surface area (Å²) in [6, 6.07) is 3.36. The number of nitrogens with zero attached hydrogens (tertiary/aromatic N) is 3. The summed E-state index contributed by atoms with van der Waals surface area (Å²) in [6.07, 6.45) is 5.72. The zero-order valence-electron chi connectivity index (χ0n) is 13.8. The molecule has 4 rings (SSSR count). The molecule has 0 N–H and O–H groups in total. The first kappa shape index (κ1) is 16.1. The standard InChI is InChI=1S/C18H19N3O3S/c1-2-7-20-8-5-18(17(20)23)12-21(16(22)14-4-3-9-24-14)11-13(18)15-19-6-10-25-15/h2-4,6,9-10,13H,1,5,7-8,11-12H2/t13-,18-/m1/s1. The second kappa shape index (κ2) is 6.15. The average molecular weight is 357 g/mol. The van der Waals surface area contributed by atoms with Gasteiger partial charge in [0.1, 0.15) is 0 Å². The Morgan fingerprint density at radius 1 is 1.56 bits per heavy atom. The second-order valence-corrected chi connectivity index (χ2v) is 7.46. The SMILES string of the molecule is C=CCN1CC[C@]2(CN(C(=O)c3ccco3)C[C@@H]2c2nccs2)C1=O. The topological polar surface area (TPSA) is 66.7 Å². The maximum atomic E-state index is 13.2. The molecule has 0 radical (unpaired) electrons. The normalized spacial score (nSPS) is 25.9. The van der Waals surface area contributed by atoms with Crippen LogP contribution in [0.25, 0.3) is 0 Å². The molecule has 4 heterocycles. The molecule has 2 aliphatic rings. The van der Waals surface area contributed by atoms with Gasteiger partial charge in [-0.2, -0.15) is 0 Å². The van der Waals surface area contributed by atoms with Gasteiger partial charge in [0, 0.05) is 43.7 Å². The molecule has 2 fully saturated rings. The molecule has 130 valence electrons. The predicted octanol–water partition coefficient (Wildman–Crippen LogP) is 2.38. The van der Waals surface area contributed by atoms with Crippen LogP contribution in [0.4, 0.5) is 0 Å². The minimum atomic E-state index is -0.594. The van der Waals surface area contributed by atoms with Gasteiger partial charge in [-0.25, -0.2) is 4.98 Å². The van der Waals surface area contributed by atoms with E-state index in [1.165, 1.54) is 6.26 Å². The Hall–Kier alpha value is -2.41. The fourth-order valence-corrected chi connectivity index (χ4v) is 4.85. The van der Waals surface area contributed by atoms with Crippen molar-refractivity contribution in [3.8, 4) is 0 Å². The van der Waals surface area contributed by atoms with Gasteiger partial charge in [-0.05, 0) is 18.6 Å². The van der Waals surface area contributed by atoms with E-state index in [0.717, 1.165) is 11.4 Å². The number of hydrogen-bond acceptors (Lipinski definition) is 5. The smallest absolute Gasteiger partial charge is 0.289 e. The Labute approximate surface area is 149 Å². The Morgan fingerprint density at radius 2 is 2.44 bits per heavy atom. The van der Waals surface area contributed by atoms with Crippen molar-refractivity contribution in [1.29, 1.82) is 0 Å². The zero-order valence-corrected chi connectivity index (χ0v) is 14.6. The number of carbonyl (C=O) groups is 2. The number of aromatic nitrogens is 1. The first-order chi connectivity index (χ1) is 12.2. The lowest BCUT2D eigenvalue weighted by atomic mass is 9.77. The van der Waals surface area contributed by atoms with Gasteiger partial charge in [-0.1, -0.05) is 6.08 Å². The molecule has 0 saturated carbocycles. The molecule has 2 saturated heterocycles. The molecule has 2 aromatic heterocycles. The lowest BCUT2D eigenvalue weighted by Crippen LogP contribution is -2.40. The van der Waals surface area contributed by atoms with E-state index < -0.39 is 5.41 Å².